The highest BCUT2D eigenvalue weighted by Gasteiger charge is 2.21. The molecular formula is C17H15N3O3S. The predicted octanol–water partition coefficient (Wildman–Crippen LogP) is 2.06. The summed E-state index contributed by atoms with van der Waals surface area (Å²) >= 11 is 1.09. The van der Waals surface area contributed by atoms with Crippen LogP contribution in [0.5, 0.6) is 5.95 Å². The molecule has 0 aliphatic rings. The molecular weight excluding hydrogens is 326 g/mol. The van der Waals surface area contributed by atoms with Crippen LogP contribution in [-0.2, 0) is 4.79 Å². The first-order chi connectivity index (χ1) is 11.6. The first-order valence-electron chi connectivity index (χ1n) is 7.28. The summed E-state index contributed by atoms with van der Waals surface area (Å²) in [6.45, 7) is 1.92. The average molecular weight is 341 g/mol. The van der Waals surface area contributed by atoms with Crippen LogP contribution in [0, 0.1) is 6.92 Å². The summed E-state index contributed by atoms with van der Waals surface area (Å²) in [6, 6.07) is 16.7. The van der Waals surface area contributed by atoms with Crippen LogP contribution in [0.2, 0.25) is 0 Å². The molecule has 1 amide bonds. The maximum absolute atomic E-state index is 12.1. The number of amides is 1. The summed E-state index contributed by atoms with van der Waals surface area (Å²) in [4.78, 5) is 12.1. The third-order valence-corrected chi connectivity index (χ3v) is 4.35. The Morgan fingerprint density at radius 1 is 1.21 bits per heavy atom. The van der Waals surface area contributed by atoms with Gasteiger partial charge in [-0.3, -0.25) is 4.79 Å². The van der Waals surface area contributed by atoms with Crippen molar-refractivity contribution in [3.8, 4) is 11.6 Å². The molecule has 3 rings (SSSR count). The van der Waals surface area contributed by atoms with Crippen LogP contribution in [-0.4, -0.2) is 16.9 Å². The molecule has 6 nitrogen and oxygen atoms in total. The van der Waals surface area contributed by atoms with Crippen molar-refractivity contribution in [3.05, 3.63) is 60.2 Å². The Morgan fingerprint density at radius 2 is 1.92 bits per heavy atom. The molecule has 1 aromatic heterocycles. The van der Waals surface area contributed by atoms with Crippen molar-refractivity contribution in [3.63, 3.8) is 0 Å². The van der Waals surface area contributed by atoms with Crippen LogP contribution in [0.15, 0.2) is 64.1 Å². The van der Waals surface area contributed by atoms with Gasteiger partial charge in [-0.25, -0.2) is 0 Å². The molecule has 0 bridgehead atoms. The molecule has 7 heteroatoms. The lowest BCUT2D eigenvalue weighted by molar-refractivity contribution is -0.705. The molecule has 0 radical (unpaired) electrons. The fourth-order valence-electron chi connectivity index (χ4n) is 2.13. The second kappa shape index (κ2) is 7.18. The van der Waals surface area contributed by atoms with Crippen LogP contribution in [0.3, 0.4) is 0 Å². The third kappa shape index (κ3) is 3.57. The molecule has 0 atom stereocenters. The number of nitrogens with one attached hydrogen (secondary N) is 1. The fourth-order valence-corrected chi connectivity index (χ4v) is 2.88. The Hall–Kier alpha value is -2.80. The van der Waals surface area contributed by atoms with E-state index in [1.165, 1.54) is 4.68 Å². The Morgan fingerprint density at radius 3 is 2.67 bits per heavy atom. The van der Waals surface area contributed by atoms with Crippen molar-refractivity contribution >= 4 is 23.4 Å². The van der Waals surface area contributed by atoms with Crippen molar-refractivity contribution in [2.45, 2.75) is 11.9 Å². The molecule has 24 heavy (non-hydrogen) atoms. The van der Waals surface area contributed by atoms with E-state index in [-0.39, 0.29) is 16.7 Å². The number of carbonyl (C=O) groups excluding carboxylic acids is 1. The van der Waals surface area contributed by atoms with Gasteiger partial charge in [0.05, 0.1) is 11.0 Å². The summed E-state index contributed by atoms with van der Waals surface area (Å²) in [5, 5.41) is 18.7. The lowest BCUT2D eigenvalue weighted by Gasteiger charge is -2.07. The first-order valence-corrected chi connectivity index (χ1v) is 8.26. The normalized spacial score (nSPS) is 10.5. The Balaban J connectivity index is 1.70. The molecule has 2 aromatic carbocycles. The van der Waals surface area contributed by atoms with Crippen LogP contribution in [0.1, 0.15) is 5.56 Å². The van der Waals surface area contributed by atoms with E-state index in [0.717, 1.165) is 23.0 Å². The molecule has 0 unspecified atom stereocenters. The highest BCUT2D eigenvalue weighted by molar-refractivity contribution is 7.99. The standard InChI is InChI=1S/C17H15N3O3S/c1-12-7-5-6-10-14(12)18-15(21)11-24-16-17(22)23-19-20(16)13-8-3-2-4-9-13/h2-10H,11H2,1H3,(H-,18,19,21,22). The van der Waals surface area contributed by atoms with Gasteiger partial charge in [0, 0.05) is 17.8 Å². The van der Waals surface area contributed by atoms with E-state index in [1.807, 2.05) is 49.4 Å². The SMILES string of the molecule is Cc1ccccc1NC(=O)CSc1c([O-])on[n+]1-c1ccccc1. The number of aryl methyl sites for hydroxylation is 1. The molecule has 0 saturated carbocycles. The van der Waals surface area contributed by atoms with E-state index in [4.69, 9.17) is 4.52 Å². The molecule has 3 aromatic rings. The van der Waals surface area contributed by atoms with Crippen LogP contribution in [0.4, 0.5) is 5.69 Å². The zero-order valence-corrected chi connectivity index (χ0v) is 13.7. The van der Waals surface area contributed by atoms with Gasteiger partial charge in [-0.05, 0) is 35.0 Å². The van der Waals surface area contributed by atoms with E-state index < -0.39 is 5.95 Å². The first kappa shape index (κ1) is 16.1. The maximum Gasteiger partial charge on any atom is 0.298 e. The second-order valence-corrected chi connectivity index (χ2v) is 6.03. The quantitative estimate of drug-likeness (QED) is 0.567. The highest BCUT2D eigenvalue weighted by atomic mass is 32.2. The van der Waals surface area contributed by atoms with Gasteiger partial charge in [-0.1, -0.05) is 36.4 Å². The monoisotopic (exact) mass is 341 g/mol. The van der Waals surface area contributed by atoms with Gasteiger partial charge in [0.25, 0.3) is 5.03 Å². The number of anilines is 1. The number of aromatic nitrogens is 2. The number of carbonyl (C=O) groups is 1. The minimum Gasteiger partial charge on any atom is -0.538 e. The van der Waals surface area contributed by atoms with Crippen molar-refractivity contribution in [2.75, 3.05) is 11.1 Å². The van der Waals surface area contributed by atoms with Gasteiger partial charge >= 0.3 is 0 Å². The highest BCUT2D eigenvalue weighted by Crippen LogP contribution is 2.23. The number of thioether (sulfide) groups is 1. The van der Waals surface area contributed by atoms with E-state index >= 15 is 0 Å². The third-order valence-electron chi connectivity index (χ3n) is 3.33. The fraction of sp³-hybridized carbons (Fsp3) is 0.118. The molecule has 0 spiro atoms. The summed E-state index contributed by atoms with van der Waals surface area (Å²) in [6.07, 6.45) is 0. The minimum atomic E-state index is -0.562. The van der Waals surface area contributed by atoms with Crippen molar-refractivity contribution in [1.29, 1.82) is 0 Å². The van der Waals surface area contributed by atoms with E-state index in [9.17, 15) is 9.90 Å². The average Bonchev–Trinajstić information content (AvgIpc) is 2.97. The Labute approximate surface area is 143 Å². The van der Waals surface area contributed by atoms with Gasteiger partial charge in [-0.15, -0.1) is 0 Å². The van der Waals surface area contributed by atoms with Crippen LogP contribution < -0.4 is 15.1 Å². The number of rotatable bonds is 5. The zero-order chi connectivity index (χ0) is 16.9. The maximum atomic E-state index is 12.1. The number of hydrogen-bond donors (Lipinski definition) is 1. The lowest BCUT2D eigenvalue weighted by Crippen LogP contribution is -2.35. The zero-order valence-electron chi connectivity index (χ0n) is 12.9. The predicted molar refractivity (Wildman–Crippen MR) is 88.0 cm³/mol. The van der Waals surface area contributed by atoms with E-state index in [1.54, 1.807) is 12.1 Å². The molecule has 0 fully saturated rings. The number of benzene rings is 2. The lowest BCUT2D eigenvalue weighted by atomic mass is 10.2. The van der Waals surface area contributed by atoms with Gasteiger partial charge in [0.15, 0.2) is 5.95 Å². The topological polar surface area (TPSA) is 82.1 Å². The smallest absolute Gasteiger partial charge is 0.298 e. The van der Waals surface area contributed by atoms with Crippen LogP contribution >= 0.6 is 11.8 Å². The Bertz CT molecular complexity index is 849. The summed E-state index contributed by atoms with van der Waals surface area (Å²) in [7, 11) is 0. The minimum absolute atomic E-state index is 0.0810. The molecule has 0 aliphatic heterocycles. The number of nitrogens with zero attached hydrogens (tertiary/aromatic N) is 2. The largest absolute Gasteiger partial charge is 0.538 e. The Kier molecular flexibility index (Phi) is 4.81. The van der Waals surface area contributed by atoms with Gasteiger partial charge < -0.3 is 14.9 Å². The van der Waals surface area contributed by atoms with Gasteiger partial charge in [-0.2, -0.15) is 0 Å². The molecule has 1 N–H and O–H groups in total. The van der Waals surface area contributed by atoms with Crippen LogP contribution in [0.25, 0.3) is 5.69 Å². The summed E-state index contributed by atoms with van der Waals surface area (Å²) in [5.41, 5.74) is 2.43. The molecule has 1 heterocycles. The summed E-state index contributed by atoms with van der Waals surface area (Å²) in [5.74, 6) is -0.681. The van der Waals surface area contributed by atoms with Crippen molar-refractivity contribution in [1.82, 2.24) is 5.27 Å². The van der Waals surface area contributed by atoms with Gasteiger partial charge in [0.2, 0.25) is 11.6 Å². The second-order valence-electron chi connectivity index (χ2n) is 5.06. The van der Waals surface area contributed by atoms with E-state index in [0.29, 0.717) is 5.69 Å². The molecule has 0 saturated heterocycles. The van der Waals surface area contributed by atoms with E-state index in [2.05, 4.69) is 10.6 Å². The number of para-hydroxylation sites is 2. The van der Waals surface area contributed by atoms with Crippen molar-refractivity contribution < 1.29 is 19.1 Å². The molecule has 122 valence electrons. The van der Waals surface area contributed by atoms with Crippen molar-refractivity contribution in [2.24, 2.45) is 0 Å². The molecule has 0 aliphatic carbocycles. The van der Waals surface area contributed by atoms with Gasteiger partial charge in [0.1, 0.15) is 0 Å². The summed E-state index contributed by atoms with van der Waals surface area (Å²) < 4.78 is 6.12. The number of hydrogen-bond acceptors (Lipinski definition) is 5.